The summed E-state index contributed by atoms with van der Waals surface area (Å²) in [4.78, 5) is 17.0. The molecule has 116 valence electrons. The number of hydrogen-bond acceptors (Lipinski definition) is 5. The van der Waals surface area contributed by atoms with Gasteiger partial charge >= 0.3 is 5.97 Å². The molecule has 0 aromatic heterocycles. The number of methoxy groups -OCH3 is 1. The SMILES string of the molecule is CCC1CN(CC(C)(NC2CC2)C(=O)OC)CCN1C. The van der Waals surface area contributed by atoms with Crippen LogP contribution in [0.3, 0.4) is 0 Å². The van der Waals surface area contributed by atoms with Crippen molar-refractivity contribution in [3.05, 3.63) is 0 Å². The highest BCUT2D eigenvalue weighted by Gasteiger charge is 2.41. The molecule has 1 N–H and O–H groups in total. The summed E-state index contributed by atoms with van der Waals surface area (Å²) in [5.74, 6) is -0.142. The Bertz CT molecular complexity index is 346. The molecule has 0 spiro atoms. The van der Waals surface area contributed by atoms with Gasteiger partial charge in [0.25, 0.3) is 0 Å². The summed E-state index contributed by atoms with van der Waals surface area (Å²) in [7, 11) is 3.67. The second-order valence-electron chi connectivity index (χ2n) is 6.52. The first-order valence-electron chi connectivity index (χ1n) is 7.77. The lowest BCUT2D eigenvalue weighted by atomic mass is 9.99. The predicted molar refractivity (Wildman–Crippen MR) is 79.7 cm³/mol. The van der Waals surface area contributed by atoms with Crippen molar-refractivity contribution in [2.24, 2.45) is 0 Å². The molecular weight excluding hydrogens is 254 g/mol. The predicted octanol–water partition coefficient (Wildman–Crippen LogP) is 0.696. The van der Waals surface area contributed by atoms with E-state index >= 15 is 0 Å². The Kier molecular flexibility index (Phi) is 5.04. The molecule has 0 bridgehead atoms. The van der Waals surface area contributed by atoms with Crippen LogP contribution < -0.4 is 5.32 Å². The average molecular weight is 283 g/mol. The Morgan fingerprint density at radius 2 is 2.10 bits per heavy atom. The summed E-state index contributed by atoms with van der Waals surface area (Å²) in [6.45, 7) is 8.07. The maximum absolute atomic E-state index is 12.2. The molecule has 5 nitrogen and oxygen atoms in total. The lowest BCUT2D eigenvalue weighted by Crippen LogP contribution is -2.61. The highest BCUT2D eigenvalue weighted by molar-refractivity contribution is 5.80. The molecule has 1 saturated carbocycles. The second kappa shape index (κ2) is 6.41. The number of carbonyl (C=O) groups excluding carboxylic acids is 1. The van der Waals surface area contributed by atoms with Crippen LogP contribution in [0.4, 0.5) is 0 Å². The van der Waals surface area contributed by atoms with Crippen molar-refractivity contribution in [2.45, 2.75) is 50.7 Å². The fraction of sp³-hybridized carbons (Fsp3) is 0.933. The Balaban J connectivity index is 1.98. The summed E-state index contributed by atoms with van der Waals surface area (Å²) in [5, 5.41) is 3.48. The Morgan fingerprint density at radius 1 is 1.40 bits per heavy atom. The summed E-state index contributed by atoms with van der Waals surface area (Å²) in [5.41, 5.74) is -0.579. The first-order valence-corrected chi connectivity index (χ1v) is 7.77. The van der Waals surface area contributed by atoms with Crippen molar-refractivity contribution in [3.8, 4) is 0 Å². The van der Waals surface area contributed by atoms with Gasteiger partial charge in [-0.15, -0.1) is 0 Å². The van der Waals surface area contributed by atoms with Crippen molar-refractivity contribution < 1.29 is 9.53 Å². The van der Waals surface area contributed by atoms with Gasteiger partial charge in [0.1, 0.15) is 5.54 Å². The van der Waals surface area contributed by atoms with Gasteiger partial charge in [0.15, 0.2) is 0 Å². The molecule has 2 unspecified atom stereocenters. The molecule has 1 heterocycles. The van der Waals surface area contributed by atoms with E-state index in [0.29, 0.717) is 12.1 Å². The topological polar surface area (TPSA) is 44.8 Å². The summed E-state index contributed by atoms with van der Waals surface area (Å²) < 4.78 is 5.02. The summed E-state index contributed by atoms with van der Waals surface area (Å²) >= 11 is 0. The zero-order valence-corrected chi connectivity index (χ0v) is 13.3. The van der Waals surface area contributed by atoms with Crippen LogP contribution in [0.15, 0.2) is 0 Å². The zero-order valence-electron chi connectivity index (χ0n) is 13.3. The minimum Gasteiger partial charge on any atom is -0.468 e. The molecule has 0 aromatic carbocycles. The number of esters is 1. The van der Waals surface area contributed by atoms with Crippen LogP contribution in [0.2, 0.25) is 0 Å². The molecule has 2 aliphatic rings. The van der Waals surface area contributed by atoms with E-state index in [1.807, 2.05) is 6.92 Å². The summed E-state index contributed by atoms with van der Waals surface area (Å²) in [6.07, 6.45) is 3.50. The molecule has 0 radical (unpaired) electrons. The molecule has 5 heteroatoms. The van der Waals surface area contributed by atoms with Gasteiger partial charge in [-0.05, 0) is 33.2 Å². The van der Waals surface area contributed by atoms with Crippen LogP contribution >= 0.6 is 0 Å². The van der Waals surface area contributed by atoms with Gasteiger partial charge in [-0.1, -0.05) is 6.92 Å². The lowest BCUT2D eigenvalue weighted by Gasteiger charge is -2.42. The molecule has 1 aliphatic carbocycles. The normalized spacial score (nSPS) is 28.1. The minimum absolute atomic E-state index is 0.142. The zero-order chi connectivity index (χ0) is 14.8. The van der Waals surface area contributed by atoms with Gasteiger partial charge in [-0.2, -0.15) is 0 Å². The second-order valence-corrected chi connectivity index (χ2v) is 6.52. The first-order chi connectivity index (χ1) is 9.48. The van der Waals surface area contributed by atoms with Crippen LogP contribution in [0.1, 0.15) is 33.1 Å². The van der Waals surface area contributed by atoms with Crippen molar-refractivity contribution >= 4 is 5.97 Å². The van der Waals surface area contributed by atoms with E-state index in [0.717, 1.165) is 32.6 Å². The van der Waals surface area contributed by atoms with E-state index < -0.39 is 5.54 Å². The molecule has 1 saturated heterocycles. The van der Waals surface area contributed by atoms with Crippen molar-refractivity contribution in [2.75, 3.05) is 40.3 Å². The molecule has 0 amide bonds. The van der Waals surface area contributed by atoms with Crippen LogP contribution in [0, 0.1) is 0 Å². The van der Waals surface area contributed by atoms with E-state index in [2.05, 4.69) is 29.1 Å². The number of rotatable bonds is 6. The third-order valence-corrected chi connectivity index (χ3v) is 4.61. The minimum atomic E-state index is -0.579. The Labute approximate surface area is 122 Å². The van der Waals surface area contributed by atoms with Gasteiger partial charge in [0.2, 0.25) is 0 Å². The molecule has 2 atom stereocenters. The number of likely N-dealkylation sites (N-methyl/N-ethyl adjacent to an activating group) is 1. The lowest BCUT2D eigenvalue weighted by molar-refractivity contribution is -0.149. The molecule has 20 heavy (non-hydrogen) atoms. The number of carbonyl (C=O) groups is 1. The number of nitrogens with zero attached hydrogens (tertiary/aromatic N) is 2. The van der Waals surface area contributed by atoms with Crippen LogP contribution in [0.5, 0.6) is 0 Å². The van der Waals surface area contributed by atoms with E-state index in [9.17, 15) is 4.79 Å². The van der Waals surface area contributed by atoms with E-state index in [1.54, 1.807) is 0 Å². The molecule has 2 rings (SSSR count). The van der Waals surface area contributed by atoms with Gasteiger partial charge in [0.05, 0.1) is 7.11 Å². The van der Waals surface area contributed by atoms with Gasteiger partial charge in [-0.3, -0.25) is 15.0 Å². The van der Waals surface area contributed by atoms with E-state index in [1.165, 1.54) is 20.0 Å². The highest BCUT2D eigenvalue weighted by atomic mass is 16.5. The Morgan fingerprint density at radius 3 is 2.65 bits per heavy atom. The molecular formula is C15H29N3O2. The summed E-state index contributed by atoms with van der Waals surface area (Å²) in [6, 6.07) is 1.08. The first kappa shape index (κ1) is 15.7. The molecule has 2 fully saturated rings. The molecule has 1 aliphatic heterocycles. The third-order valence-electron chi connectivity index (χ3n) is 4.61. The van der Waals surface area contributed by atoms with Gasteiger partial charge in [0, 0.05) is 38.3 Å². The number of hydrogen-bond donors (Lipinski definition) is 1. The Hall–Kier alpha value is -0.650. The highest BCUT2D eigenvalue weighted by Crippen LogP contribution is 2.24. The fourth-order valence-electron chi connectivity index (χ4n) is 3.11. The van der Waals surface area contributed by atoms with Gasteiger partial charge in [-0.25, -0.2) is 0 Å². The maximum atomic E-state index is 12.2. The van der Waals surface area contributed by atoms with Crippen molar-refractivity contribution in [3.63, 3.8) is 0 Å². The van der Waals surface area contributed by atoms with Crippen LogP contribution in [-0.2, 0) is 9.53 Å². The smallest absolute Gasteiger partial charge is 0.327 e. The maximum Gasteiger partial charge on any atom is 0.327 e. The molecule has 0 aromatic rings. The van der Waals surface area contributed by atoms with Crippen molar-refractivity contribution in [1.82, 2.24) is 15.1 Å². The third kappa shape index (κ3) is 3.71. The van der Waals surface area contributed by atoms with E-state index in [4.69, 9.17) is 4.74 Å². The number of ether oxygens (including phenoxy) is 1. The van der Waals surface area contributed by atoms with Crippen LogP contribution in [-0.4, -0.2) is 73.7 Å². The number of piperazine rings is 1. The van der Waals surface area contributed by atoms with Crippen molar-refractivity contribution in [1.29, 1.82) is 0 Å². The van der Waals surface area contributed by atoms with E-state index in [-0.39, 0.29) is 5.97 Å². The fourth-order valence-corrected chi connectivity index (χ4v) is 3.11. The average Bonchev–Trinajstić information content (AvgIpc) is 3.23. The largest absolute Gasteiger partial charge is 0.468 e. The monoisotopic (exact) mass is 283 g/mol. The van der Waals surface area contributed by atoms with Gasteiger partial charge < -0.3 is 9.64 Å². The number of nitrogens with one attached hydrogen (secondary N) is 1. The quantitative estimate of drug-likeness (QED) is 0.727. The standard InChI is InChI=1S/C15H29N3O2/c1-5-13-10-18(9-8-17(13)3)11-15(2,14(19)20-4)16-12-6-7-12/h12-13,16H,5-11H2,1-4H3. The van der Waals surface area contributed by atoms with Crippen LogP contribution in [0.25, 0.3) is 0 Å².